The first-order valence-electron chi connectivity index (χ1n) is 5.21. The first kappa shape index (κ1) is 10.8. The zero-order valence-electron chi connectivity index (χ0n) is 10.0. The molecule has 0 saturated heterocycles. The summed E-state index contributed by atoms with van der Waals surface area (Å²) in [6, 6.07) is 0. The molecular weight excluding hydrogens is 204 g/mol. The van der Waals surface area contributed by atoms with E-state index < -0.39 is 0 Å². The van der Waals surface area contributed by atoms with Crippen LogP contribution in [-0.2, 0) is 0 Å². The van der Waals surface area contributed by atoms with Crippen molar-refractivity contribution in [1.82, 2.24) is 15.0 Å². The lowest BCUT2D eigenvalue weighted by Crippen LogP contribution is -2.37. The van der Waals surface area contributed by atoms with Crippen LogP contribution < -0.4 is 10.7 Å². The Kier molecular flexibility index (Phi) is 2.29. The summed E-state index contributed by atoms with van der Waals surface area (Å²) in [5, 5.41) is 6.25. The smallest absolute Gasteiger partial charge is 0.251 e. The fourth-order valence-electron chi connectivity index (χ4n) is 1.94. The number of nitrogens with two attached hydrogens (primary N) is 1. The van der Waals surface area contributed by atoms with E-state index in [4.69, 9.17) is 5.73 Å². The highest BCUT2D eigenvalue weighted by atomic mass is 15.6. The van der Waals surface area contributed by atoms with Crippen LogP contribution in [0, 0.1) is 6.92 Å². The summed E-state index contributed by atoms with van der Waals surface area (Å²) in [5.74, 6) is 1.36. The Bertz CT molecular complexity index is 430. The summed E-state index contributed by atoms with van der Waals surface area (Å²) in [4.78, 5) is 12.3. The number of nitrogens with zero attached hydrogens (tertiary/aromatic N) is 5. The molecule has 0 spiro atoms. The van der Waals surface area contributed by atoms with Crippen molar-refractivity contribution in [2.24, 2.45) is 5.10 Å². The van der Waals surface area contributed by atoms with Gasteiger partial charge in [-0.25, -0.2) is 5.01 Å². The number of anilines is 2. The monoisotopic (exact) mass is 220 g/mol. The molecule has 2 rings (SSSR count). The highest BCUT2D eigenvalue weighted by Crippen LogP contribution is 2.30. The topological polar surface area (TPSA) is 80.3 Å². The van der Waals surface area contributed by atoms with E-state index in [1.807, 2.05) is 11.9 Å². The second-order valence-electron chi connectivity index (χ2n) is 4.68. The van der Waals surface area contributed by atoms with Gasteiger partial charge in [-0.05, 0) is 27.7 Å². The number of nitrogen functional groups attached to an aromatic ring is 1. The van der Waals surface area contributed by atoms with Crippen LogP contribution in [0.2, 0.25) is 0 Å². The summed E-state index contributed by atoms with van der Waals surface area (Å²) in [7, 11) is 0. The maximum Gasteiger partial charge on any atom is 0.251 e. The fraction of sp³-hybridized carbons (Fsp3) is 0.600. The molecule has 2 heterocycles. The van der Waals surface area contributed by atoms with E-state index in [0.29, 0.717) is 11.8 Å². The highest BCUT2D eigenvalue weighted by Gasteiger charge is 2.35. The SMILES string of the molecule is CC1=NN(c2nc(C)nc(N)n2)C(C)(C)C1. The molecular formula is C10H16N6. The molecule has 86 valence electrons. The van der Waals surface area contributed by atoms with Gasteiger partial charge >= 0.3 is 0 Å². The summed E-state index contributed by atoms with van der Waals surface area (Å²) in [6.45, 7) is 7.99. The van der Waals surface area contributed by atoms with E-state index in [2.05, 4.69) is 33.9 Å². The molecule has 1 aromatic rings. The van der Waals surface area contributed by atoms with Gasteiger partial charge in [0, 0.05) is 12.1 Å². The van der Waals surface area contributed by atoms with Gasteiger partial charge in [-0.3, -0.25) is 0 Å². The minimum atomic E-state index is -0.107. The van der Waals surface area contributed by atoms with Gasteiger partial charge in [-0.15, -0.1) is 0 Å². The second kappa shape index (κ2) is 3.40. The molecule has 0 aliphatic carbocycles. The molecule has 0 atom stereocenters. The Morgan fingerprint density at radius 2 is 1.88 bits per heavy atom. The molecule has 16 heavy (non-hydrogen) atoms. The normalized spacial score (nSPS) is 18.8. The lowest BCUT2D eigenvalue weighted by molar-refractivity contribution is 0.505. The molecule has 1 aromatic heterocycles. The Morgan fingerprint density at radius 1 is 1.19 bits per heavy atom. The third-order valence-corrected chi connectivity index (χ3v) is 2.47. The number of hydrogen-bond acceptors (Lipinski definition) is 6. The molecule has 0 bridgehead atoms. The predicted molar refractivity (Wildman–Crippen MR) is 63.3 cm³/mol. The number of aromatic nitrogens is 3. The van der Waals surface area contributed by atoms with E-state index in [0.717, 1.165) is 12.1 Å². The highest BCUT2D eigenvalue weighted by molar-refractivity contribution is 5.86. The van der Waals surface area contributed by atoms with Crippen molar-refractivity contribution in [2.75, 3.05) is 10.7 Å². The maximum absolute atomic E-state index is 5.61. The Hall–Kier alpha value is -1.72. The van der Waals surface area contributed by atoms with Crippen LogP contribution in [0.3, 0.4) is 0 Å². The van der Waals surface area contributed by atoms with Gasteiger partial charge in [-0.2, -0.15) is 20.1 Å². The molecule has 0 radical (unpaired) electrons. The molecule has 6 nitrogen and oxygen atoms in total. The lowest BCUT2D eigenvalue weighted by atomic mass is 9.99. The summed E-state index contributed by atoms with van der Waals surface area (Å²) < 4.78 is 0. The van der Waals surface area contributed by atoms with Crippen LogP contribution in [0.1, 0.15) is 33.0 Å². The van der Waals surface area contributed by atoms with Crippen molar-refractivity contribution in [3.63, 3.8) is 0 Å². The van der Waals surface area contributed by atoms with Crippen molar-refractivity contribution < 1.29 is 0 Å². The van der Waals surface area contributed by atoms with Gasteiger partial charge in [0.15, 0.2) is 0 Å². The standard InChI is InChI=1S/C10H16N6/c1-6-5-10(3,4)16(15-6)9-13-7(2)12-8(11)14-9/h5H2,1-4H3,(H2,11,12,13,14). The number of hydrazone groups is 1. The van der Waals surface area contributed by atoms with E-state index in [1.54, 1.807) is 6.92 Å². The summed E-state index contributed by atoms with van der Waals surface area (Å²) in [5.41, 5.74) is 6.58. The molecule has 1 aliphatic heterocycles. The van der Waals surface area contributed by atoms with Crippen molar-refractivity contribution in [3.8, 4) is 0 Å². The molecule has 0 amide bonds. The van der Waals surface area contributed by atoms with E-state index in [9.17, 15) is 0 Å². The zero-order chi connectivity index (χ0) is 11.9. The first-order valence-corrected chi connectivity index (χ1v) is 5.21. The lowest BCUT2D eigenvalue weighted by Gasteiger charge is -2.28. The van der Waals surface area contributed by atoms with Crippen LogP contribution >= 0.6 is 0 Å². The first-order chi connectivity index (χ1) is 7.38. The van der Waals surface area contributed by atoms with E-state index >= 15 is 0 Å². The van der Waals surface area contributed by atoms with Crippen LogP contribution in [0.4, 0.5) is 11.9 Å². The van der Waals surface area contributed by atoms with Crippen molar-refractivity contribution in [2.45, 2.75) is 39.7 Å². The van der Waals surface area contributed by atoms with Crippen LogP contribution in [0.15, 0.2) is 5.10 Å². The van der Waals surface area contributed by atoms with Crippen LogP contribution in [0.5, 0.6) is 0 Å². The van der Waals surface area contributed by atoms with E-state index in [1.165, 1.54) is 0 Å². The zero-order valence-corrected chi connectivity index (χ0v) is 10.0. The van der Waals surface area contributed by atoms with Crippen LogP contribution in [0.25, 0.3) is 0 Å². The van der Waals surface area contributed by atoms with Crippen molar-refractivity contribution in [3.05, 3.63) is 5.82 Å². The second-order valence-corrected chi connectivity index (χ2v) is 4.68. The van der Waals surface area contributed by atoms with Gasteiger partial charge < -0.3 is 5.73 Å². The molecule has 0 fully saturated rings. The average molecular weight is 220 g/mol. The number of rotatable bonds is 1. The average Bonchev–Trinajstić information content (AvgIpc) is 2.37. The third-order valence-electron chi connectivity index (χ3n) is 2.47. The number of aryl methyl sites for hydroxylation is 1. The Balaban J connectivity index is 2.44. The predicted octanol–water partition coefficient (Wildman–Crippen LogP) is 1.13. The molecule has 0 saturated carbocycles. The Labute approximate surface area is 94.6 Å². The number of hydrogen-bond donors (Lipinski definition) is 1. The molecule has 6 heteroatoms. The third kappa shape index (κ3) is 1.82. The van der Waals surface area contributed by atoms with Gasteiger partial charge in [0.25, 0.3) is 5.95 Å². The summed E-state index contributed by atoms with van der Waals surface area (Å²) in [6.07, 6.45) is 0.900. The minimum absolute atomic E-state index is 0.107. The van der Waals surface area contributed by atoms with Crippen molar-refractivity contribution >= 4 is 17.6 Å². The van der Waals surface area contributed by atoms with Crippen molar-refractivity contribution in [1.29, 1.82) is 0 Å². The Morgan fingerprint density at radius 3 is 2.38 bits per heavy atom. The van der Waals surface area contributed by atoms with Crippen LogP contribution in [-0.4, -0.2) is 26.2 Å². The molecule has 1 aliphatic rings. The minimum Gasteiger partial charge on any atom is -0.368 e. The van der Waals surface area contributed by atoms with Gasteiger partial charge in [0.05, 0.1) is 5.54 Å². The van der Waals surface area contributed by atoms with Gasteiger partial charge in [-0.1, -0.05) is 0 Å². The summed E-state index contributed by atoms with van der Waals surface area (Å²) >= 11 is 0. The van der Waals surface area contributed by atoms with Gasteiger partial charge in [0.2, 0.25) is 5.95 Å². The quantitative estimate of drug-likeness (QED) is 0.767. The molecule has 0 aromatic carbocycles. The molecule has 2 N–H and O–H groups in total. The maximum atomic E-state index is 5.61. The largest absolute Gasteiger partial charge is 0.368 e. The fourth-order valence-corrected chi connectivity index (χ4v) is 1.94. The van der Waals surface area contributed by atoms with Gasteiger partial charge in [0.1, 0.15) is 5.82 Å². The molecule has 0 unspecified atom stereocenters. The van der Waals surface area contributed by atoms with E-state index in [-0.39, 0.29) is 11.5 Å².